The molecule has 27 heavy (non-hydrogen) atoms. The van der Waals surface area contributed by atoms with Gasteiger partial charge in [0.1, 0.15) is 0 Å². The summed E-state index contributed by atoms with van der Waals surface area (Å²) in [5, 5.41) is 2.57. The van der Waals surface area contributed by atoms with Gasteiger partial charge in [-0.05, 0) is 43.2 Å². The van der Waals surface area contributed by atoms with Crippen LogP contribution < -0.4 is 5.32 Å². The number of hydrogen-bond donors (Lipinski definition) is 1. The largest absolute Gasteiger partial charge is 0.355 e. The minimum absolute atomic E-state index is 0.00659. The minimum Gasteiger partial charge on any atom is -0.355 e. The average molecular weight is 366 g/mol. The predicted octanol–water partition coefficient (Wildman–Crippen LogP) is 3.28. The topological polar surface area (TPSA) is 66.5 Å². The summed E-state index contributed by atoms with van der Waals surface area (Å²) in [6.07, 6.45) is 0.377. The zero-order chi connectivity index (χ0) is 20.0. The average Bonchev–Trinajstić information content (AvgIpc) is 2.67. The number of rotatable bonds is 7. The second-order valence-corrected chi connectivity index (χ2v) is 6.77. The van der Waals surface area contributed by atoms with E-state index in [2.05, 4.69) is 5.32 Å². The molecule has 1 N–H and O–H groups in total. The number of aryl methyl sites for hydroxylation is 2. The van der Waals surface area contributed by atoms with Crippen molar-refractivity contribution in [3.8, 4) is 0 Å². The Bertz CT molecular complexity index is 841. The molecule has 0 bridgehead atoms. The molecule has 0 radical (unpaired) electrons. The lowest BCUT2D eigenvalue weighted by molar-refractivity contribution is -0.130. The molecule has 0 aliphatic rings. The molecule has 0 aliphatic heterocycles. The molecule has 0 spiro atoms. The highest BCUT2D eigenvalue weighted by atomic mass is 16.2. The normalized spacial score (nSPS) is 10.4. The molecule has 2 amide bonds. The van der Waals surface area contributed by atoms with Gasteiger partial charge >= 0.3 is 0 Å². The van der Waals surface area contributed by atoms with Gasteiger partial charge < -0.3 is 10.2 Å². The molecule has 5 heteroatoms. The SMILES string of the molecule is CNC(=O)c1ccc(CN(C)C(=O)CCC(=O)c2cc(C)ccc2C)cc1. The van der Waals surface area contributed by atoms with Gasteiger partial charge in [-0.3, -0.25) is 14.4 Å². The number of benzene rings is 2. The van der Waals surface area contributed by atoms with Crippen LogP contribution in [0.25, 0.3) is 0 Å². The van der Waals surface area contributed by atoms with E-state index in [1.807, 2.05) is 44.2 Å². The van der Waals surface area contributed by atoms with Gasteiger partial charge in [0.05, 0.1) is 0 Å². The van der Waals surface area contributed by atoms with Crippen LogP contribution in [0.4, 0.5) is 0 Å². The first-order valence-corrected chi connectivity index (χ1v) is 8.97. The maximum atomic E-state index is 12.4. The minimum atomic E-state index is -0.143. The molecule has 0 saturated heterocycles. The summed E-state index contributed by atoms with van der Waals surface area (Å²) in [4.78, 5) is 38.0. The molecule has 0 atom stereocenters. The number of ketones is 1. The van der Waals surface area contributed by atoms with Crippen molar-refractivity contribution in [2.24, 2.45) is 0 Å². The lowest BCUT2D eigenvalue weighted by Gasteiger charge is -2.17. The number of carbonyl (C=O) groups is 3. The highest BCUT2D eigenvalue weighted by Gasteiger charge is 2.15. The second-order valence-electron chi connectivity index (χ2n) is 6.77. The third-order valence-corrected chi connectivity index (χ3v) is 4.55. The summed E-state index contributed by atoms with van der Waals surface area (Å²) >= 11 is 0. The number of carbonyl (C=O) groups excluding carboxylic acids is 3. The monoisotopic (exact) mass is 366 g/mol. The summed E-state index contributed by atoms with van der Waals surface area (Å²) in [5.74, 6) is -0.229. The number of nitrogens with one attached hydrogen (secondary N) is 1. The Morgan fingerprint density at radius 3 is 2.26 bits per heavy atom. The van der Waals surface area contributed by atoms with Crippen LogP contribution in [0, 0.1) is 13.8 Å². The van der Waals surface area contributed by atoms with Crippen molar-refractivity contribution in [3.63, 3.8) is 0 Å². The third-order valence-electron chi connectivity index (χ3n) is 4.55. The smallest absolute Gasteiger partial charge is 0.251 e. The fraction of sp³-hybridized carbons (Fsp3) is 0.318. The number of hydrogen-bond acceptors (Lipinski definition) is 3. The number of amides is 2. The first kappa shape index (κ1) is 20.4. The van der Waals surface area contributed by atoms with Crippen LogP contribution in [0.2, 0.25) is 0 Å². The van der Waals surface area contributed by atoms with E-state index < -0.39 is 0 Å². The van der Waals surface area contributed by atoms with E-state index in [0.29, 0.717) is 17.7 Å². The molecule has 0 saturated carbocycles. The Morgan fingerprint density at radius 2 is 1.63 bits per heavy atom. The lowest BCUT2D eigenvalue weighted by Crippen LogP contribution is -2.26. The van der Waals surface area contributed by atoms with Crippen LogP contribution in [0.15, 0.2) is 42.5 Å². The van der Waals surface area contributed by atoms with Gasteiger partial charge in [-0.15, -0.1) is 0 Å². The fourth-order valence-corrected chi connectivity index (χ4v) is 2.85. The zero-order valence-electron chi connectivity index (χ0n) is 16.3. The van der Waals surface area contributed by atoms with Crippen LogP contribution in [0.3, 0.4) is 0 Å². The van der Waals surface area contributed by atoms with E-state index in [4.69, 9.17) is 0 Å². The number of nitrogens with zero attached hydrogens (tertiary/aromatic N) is 1. The van der Waals surface area contributed by atoms with Crippen molar-refractivity contribution < 1.29 is 14.4 Å². The van der Waals surface area contributed by atoms with E-state index >= 15 is 0 Å². The van der Waals surface area contributed by atoms with E-state index in [-0.39, 0.29) is 30.4 Å². The molecule has 0 aliphatic carbocycles. The van der Waals surface area contributed by atoms with Gasteiger partial charge in [-0.25, -0.2) is 0 Å². The van der Waals surface area contributed by atoms with Gasteiger partial charge in [0.2, 0.25) is 5.91 Å². The molecule has 0 fully saturated rings. The Labute approximate surface area is 160 Å². The first-order valence-electron chi connectivity index (χ1n) is 8.97. The molecular weight excluding hydrogens is 340 g/mol. The summed E-state index contributed by atoms with van der Waals surface area (Å²) < 4.78 is 0. The van der Waals surface area contributed by atoms with Crippen LogP contribution in [-0.4, -0.2) is 36.6 Å². The van der Waals surface area contributed by atoms with E-state index in [0.717, 1.165) is 16.7 Å². The molecule has 0 heterocycles. The van der Waals surface area contributed by atoms with E-state index in [1.54, 1.807) is 31.1 Å². The van der Waals surface area contributed by atoms with Gasteiger partial charge in [-0.1, -0.05) is 29.8 Å². The highest BCUT2D eigenvalue weighted by Crippen LogP contribution is 2.15. The van der Waals surface area contributed by atoms with Crippen LogP contribution in [0.1, 0.15) is 50.2 Å². The van der Waals surface area contributed by atoms with Crippen LogP contribution >= 0.6 is 0 Å². The van der Waals surface area contributed by atoms with Crippen molar-refractivity contribution >= 4 is 17.6 Å². The Balaban J connectivity index is 1.91. The summed E-state index contributed by atoms with van der Waals surface area (Å²) in [6.45, 7) is 4.29. The van der Waals surface area contributed by atoms with Crippen LogP contribution in [0.5, 0.6) is 0 Å². The van der Waals surface area contributed by atoms with Gasteiger partial charge in [-0.2, -0.15) is 0 Å². The molecule has 0 unspecified atom stereocenters. The molecule has 2 rings (SSSR count). The van der Waals surface area contributed by atoms with E-state index in [1.165, 1.54) is 0 Å². The summed E-state index contributed by atoms with van der Waals surface area (Å²) in [5.41, 5.74) is 4.17. The van der Waals surface area contributed by atoms with Crippen LogP contribution in [-0.2, 0) is 11.3 Å². The maximum absolute atomic E-state index is 12.4. The van der Waals surface area contributed by atoms with E-state index in [9.17, 15) is 14.4 Å². The maximum Gasteiger partial charge on any atom is 0.251 e. The predicted molar refractivity (Wildman–Crippen MR) is 106 cm³/mol. The lowest BCUT2D eigenvalue weighted by atomic mass is 9.99. The fourth-order valence-electron chi connectivity index (χ4n) is 2.85. The molecule has 2 aromatic carbocycles. The van der Waals surface area contributed by atoms with Crippen molar-refractivity contribution in [1.29, 1.82) is 0 Å². The van der Waals surface area contributed by atoms with Crippen molar-refractivity contribution in [1.82, 2.24) is 10.2 Å². The zero-order valence-corrected chi connectivity index (χ0v) is 16.3. The number of Topliss-reactive ketones (excluding diaryl/α,β-unsaturated/α-hetero) is 1. The Hall–Kier alpha value is -2.95. The van der Waals surface area contributed by atoms with Crippen molar-refractivity contribution in [2.45, 2.75) is 33.2 Å². The molecular formula is C22H26N2O3. The second kappa shape index (κ2) is 9.12. The summed E-state index contributed by atoms with van der Waals surface area (Å²) in [7, 11) is 3.31. The van der Waals surface area contributed by atoms with Crippen molar-refractivity contribution in [2.75, 3.05) is 14.1 Å². The van der Waals surface area contributed by atoms with Crippen molar-refractivity contribution in [3.05, 3.63) is 70.3 Å². The first-order chi connectivity index (χ1) is 12.8. The van der Waals surface area contributed by atoms with Gasteiger partial charge in [0, 0.05) is 44.6 Å². The third kappa shape index (κ3) is 5.51. The van der Waals surface area contributed by atoms with Gasteiger partial charge in [0.25, 0.3) is 5.91 Å². The molecule has 5 nitrogen and oxygen atoms in total. The molecule has 2 aromatic rings. The Kier molecular flexibility index (Phi) is 6.88. The highest BCUT2D eigenvalue weighted by molar-refractivity contribution is 5.99. The van der Waals surface area contributed by atoms with Gasteiger partial charge in [0.15, 0.2) is 5.78 Å². The summed E-state index contributed by atoms with van der Waals surface area (Å²) in [6, 6.07) is 12.9. The molecule has 142 valence electrons. The molecule has 0 aromatic heterocycles. The Morgan fingerprint density at radius 1 is 0.963 bits per heavy atom. The standard InChI is InChI=1S/C22H26N2O3/c1-15-5-6-16(2)19(13-15)20(25)11-12-21(26)24(4)14-17-7-9-18(10-8-17)22(27)23-3/h5-10,13H,11-12,14H2,1-4H3,(H,23,27). The quantitative estimate of drug-likeness (QED) is 0.765.